The topological polar surface area (TPSA) is 65.7 Å². The lowest BCUT2D eigenvalue weighted by molar-refractivity contribution is 0.439. The van der Waals surface area contributed by atoms with Gasteiger partial charge in [0.25, 0.3) is 0 Å². The first-order valence-corrected chi connectivity index (χ1v) is 9.02. The second-order valence-electron chi connectivity index (χ2n) is 6.22. The van der Waals surface area contributed by atoms with Crippen LogP contribution < -0.4 is 0 Å². The van der Waals surface area contributed by atoms with E-state index in [1.807, 2.05) is 60.7 Å². The van der Waals surface area contributed by atoms with Crippen molar-refractivity contribution in [3.05, 3.63) is 120 Å². The molecule has 5 aromatic heterocycles. The lowest BCUT2D eigenvalue weighted by Gasteiger charge is -1.94. The molecule has 5 aromatic rings. The second-order valence-corrected chi connectivity index (χ2v) is 6.22. The van der Waals surface area contributed by atoms with E-state index in [9.17, 15) is 0 Å². The van der Waals surface area contributed by atoms with Crippen LogP contribution >= 0.6 is 0 Å². The fraction of sp³-hybridized carbons (Fsp3) is 0.130. The molecule has 0 spiro atoms. The van der Waals surface area contributed by atoms with E-state index in [2.05, 4.69) is 0 Å². The summed E-state index contributed by atoms with van der Waals surface area (Å²) >= 11 is 0. The maximum Gasteiger partial charge on any atom is 0.111 e. The summed E-state index contributed by atoms with van der Waals surface area (Å²) in [7, 11) is 0. The van der Waals surface area contributed by atoms with E-state index in [-0.39, 0.29) is 0 Å². The molecule has 0 bridgehead atoms. The van der Waals surface area contributed by atoms with Gasteiger partial charge in [0.15, 0.2) is 0 Å². The molecule has 0 aliphatic carbocycles. The highest BCUT2D eigenvalue weighted by Gasteiger charge is 2.07. The Kier molecular flexibility index (Phi) is 5.63. The predicted molar refractivity (Wildman–Crippen MR) is 102 cm³/mol. The molecule has 5 nitrogen and oxygen atoms in total. The van der Waals surface area contributed by atoms with Gasteiger partial charge in [-0.25, -0.2) is 0 Å². The van der Waals surface area contributed by atoms with Crippen LogP contribution in [0.1, 0.15) is 34.6 Å². The van der Waals surface area contributed by atoms with Crippen LogP contribution in [0, 0.1) is 0 Å². The van der Waals surface area contributed by atoms with Gasteiger partial charge in [0, 0.05) is 0 Å². The summed E-state index contributed by atoms with van der Waals surface area (Å²) in [6.07, 6.45) is 8.77. The molecular formula is C23H20O5. The normalized spacial score (nSPS) is 10.6. The van der Waals surface area contributed by atoms with Crippen LogP contribution in [0.25, 0.3) is 0 Å². The number of hydrogen-bond acceptors (Lipinski definition) is 5. The van der Waals surface area contributed by atoms with Gasteiger partial charge in [-0.15, -0.1) is 0 Å². The first kappa shape index (κ1) is 17.8. The zero-order chi connectivity index (χ0) is 19.0. The summed E-state index contributed by atoms with van der Waals surface area (Å²) in [5.41, 5.74) is 0. The van der Waals surface area contributed by atoms with Crippen molar-refractivity contribution in [1.82, 2.24) is 0 Å². The molecule has 28 heavy (non-hydrogen) atoms. The summed E-state index contributed by atoms with van der Waals surface area (Å²) < 4.78 is 26.6. The second kappa shape index (κ2) is 8.86. The average Bonchev–Trinajstić information content (AvgIpc) is 3.52. The Balaban J connectivity index is 0.000000151. The zero-order valence-corrected chi connectivity index (χ0v) is 15.2. The summed E-state index contributed by atoms with van der Waals surface area (Å²) in [6.45, 7) is 0. The van der Waals surface area contributed by atoms with E-state index < -0.39 is 0 Å². The van der Waals surface area contributed by atoms with Gasteiger partial charge >= 0.3 is 0 Å². The Morgan fingerprint density at radius 3 is 1.00 bits per heavy atom. The van der Waals surface area contributed by atoms with Gasteiger partial charge in [-0.05, 0) is 60.7 Å². The van der Waals surface area contributed by atoms with E-state index >= 15 is 0 Å². The van der Waals surface area contributed by atoms with E-state index in [1.54, 1.807) is 25.1 Å². The molecule has 0 unspecified atom stereocenters. The highest BCUT2D eigenvalue weighted by molar-refractivity contribution is 5.17. The molecule has 0 aliphatic rings. The van der Waals surface area contributed by atoms with Crippen LogP contribution in [-0.2, 0) is 19.3 Å². The van der Waals surface area contributed by atoms with Gasteiger partial charge in [0.1, 0.15) is 34.6 Å². The van der Waals surface area contributed by atoms with E-state index in [0.29, 0.717) is 12.8 Å². The summed E-state index contributed by atoms with van der Waals surface area (Å²) in [6, 6.07) is 19.2. The minimum absolute atomic E-state index is 0.686. The van der Waals surface area contributed by atoms with Crippen molar-refractivity contribution in [3.63, 3.8) is 0 Å². The molecular weight excluding hydrogens is 356 g/mol. The molecule has 5 heteroatoms. The molecule has 0 atom stereocenters. The van der Waals surface area contributed by atoms with Crippen LogP contribution in [-0.4, -0.2) is 0 Å². The molecule has 0 radical (unpaired) electrons. The summed E-state index contributed by atoms with van der Waals surface area (Å²) in [5, 5.41) is 0. The maximum absolute atomic E-state index is 5.71. The largest absolute Gasteiger partial charge is 0.469 e. The first-order valence-electron chi connectivity index (χ1n) is 9.02. The van der Waals surface area contributed by atoms with Crippen molar-refractivity contribution in [1.29, 1.82) is 0 Å². The van der Waals surface area contributed by atoms with Gasteiger partial charge < -0.3 is 22.1 Å². The fourth-order valence-corrected chi connectivity index (χ4v) is 2.78. The van der Waals surface area contributed by atoms with Gasteiger partial charge in [0.2, 0.25) is 0 Å². The van der Waals surface area contributed by atoms with E-state index in [4.69, 9.17) is 22.1 Å². The summed E-state index contributed by atoms with van der Waals surface area (Å²) in [4.78, 5) is 0. The minimum Gasteiger partial charge on any atom is -0.469 e. The average molecular weight is 376 g/mol. The molecule has 0 aromatic carbocycles. The van der Waals surface area contributed by atoms with E-state index in [0.717, 1.165) is 41.0 Å². The Labute approximate surface area is 162 Å². The first-order chi connectivity index (χ1) is 13.8. The van der Waals surface area contributed by atoms with Gasteiger partial charge in [-0.3, -0.25) is 0 Å². The molecule has 0 amide bonds. The van der Waals surface area contributed by atoms with Crippen LogP contribution in [0.3, 0.4) is 0 Å². The van der Waals surface area contributed by atoms with Gasteiger partial charge in [-0.1, -0.05) is 0 Å². The van der Waals surface area contributed by atoms with Crippen molar-refractivity contribution in [3.8, 4) is 0 Å². The number of furan rings is 5. The third-order valence-corrected chi connectivity index (χ3v) is 4.08. The molecule has 142 valence electrons. The molecule has 5 heterocycles. The third kappa shape index (κ3) is 4.98. The minimum atomic E-state index is 0.686. The summed E-state index contributed by atoms with van der Waals surface area (Å²) in [5.74, 6) is 5.48. The standard InChI is InChI=1S/C14H12O3.C9H8O2/c1-3-11(15-7-1)9-13-5-6-14(17-13)10-12-4-2-8-16-12;1-3-8(10-5-1)7-9-4-2-6-11-9/h1-8H,9-10H2;1-6H,7H2. The van der Waals surface area contributed by atoms with Crippen molar-refractivity contribution in [2.24, 2.45) is 0 Å². The molecule has 0 saturated carbocycles. The Bertz CT molecular complexity index is 934. The van der Waals surface area contributed by atoms with E-state index in [1.165, 1.54) is 0 Å². The van der Waals surface area contributed by atoms with Crippen molar-refractivity contribution < 1.29 is 22.1 Å². The molecule has 0 saturated heterocycles. The molecule has 5 rings (SSSR count). The lowest BCUT2D eigenvalue weighted by atomic mass is 10.2. The smallest absolute Gasteiger partial charge is 0.111 e. The lowest BCUT2D eigenvalue weighted by Crippen LogP contribution is -1.83. The van der Waals surface area contributed by atoms with Crippen LogP contribution in [0.2, 0.25) is 0 Å². The van der Waals surface area contributed by atoms with Gasteiger partial charge in [-0.2, -0.15) is 0 Å². The zero-order valence-electron chi connectivity index (χ0n) is 15.2. The molecule has 0 N–H and O–H groups in total. The fourth-order valence-electron chi connectivity index (χ4n) is 2.78. The maximum atomic E-state index is 5.71. The van der Waals surface area contributed by atoms with Gasteiger partial charge in [0.05, 0.1) is 44.3 Å². The predicted octanol–water partition coefficient (Wildman–Crippen LogP) is 6.11. The van der Waals surface area contributed by atoms with Crippen molar-refractivity contribution >= 4 is 0 Å². The molecule has 0 fully saturated rings. The number of rotatable bonds is 6. The molecule has 0 aliphatic heterocycles. The van der Waals surface area contributed by atoms with Crippen molar-refractivity contribution in [2.75, 3.05) is 0 Å². The van der Waals surface area contributed by atoms with Crippen LogP contribution in [0.4, 0.5) is 0 Å². The Morgan fingerprint density at radius 1 is 0.393 bits per heavy atom. The highest BCUT2D eigenvalue weighted by Crippen LogP contribution is 2.16. The van der Waals surface area contributed by atoms with Crippen molar-refractivity contribution in [2.45, 2.75) is 19.3 Å². The van der Waals surface area contributed by atoms with Crippen LogP contribution in [0.5, 0.6) is 0 Å². The highest BCUT2D eigenvalue weighted by atomic mass is 16.4. The Morgan fingerprint density at radius 2 is 0.714 bits per heavy atom. The number of hydrogen-bond donors (Lipinski definition) is 0. The SMILES string of the molecule is c1coc(Cc2ccc(Cc3ccco3)o2)c1.c1coc(Cc2ccco2)c1. The van der Waals surface area contributed by atoms with Crippen LogP contribution in [0.15, 0.2) is 108 Å². The third-order valence-electron chi connectivity index (χ3n) is 4.08. The Hall–Kier alpha value is -3.60. The monoisotopic (exact) mass is 376 g/mol. The quantitative estimate of drug-likeness (QED) is 0.358.